The van der Waals surface area contributed by atoms with Crippen LogP contribution in [-0.2, 0) is 0 Å². The number of aromatic nitrogens is 3. The molecular formula is C13H12N4O. The van der Waals surface area contributed by atoms with Crippen molar-refractivity contribution >= 4 is 16.7 Å². The molecule has 0 radical (unpaired) electrons. The van der Waals surface area contributed by atoms with E-state index in [1.165, 1.54) is 0 Å². The van der Waals surface area contributed by atoms with Gasteiger partial charge in [0.05, 0.1) is 5.52 Å². The van der Waals surface area contributed by atoms with Crippen molar-refractivity contribution in [3.05, 3.63) is 36.5 Å². The van der Waals surface area contributed by atoms with Crippen molar-refractivity contribution in [3.63, 3.8) is 0 Å². The molecule has 0 unspecified atom stereocenters. The summed E-state index contributed by atoms with van der Waals surface area (Å²) < 4.78 is 0. The van der Waals surface area contributed by atoms with Gasteiger partial charge in [0.2, 0.25) is 0 Å². The van der Waals surface area contributed by atoms with Crippen LogP contribution in [0.4, 0.5) is 5.82 Å². The number of phenols is 1. The van der Waals surface area contributed by atoms with Crippen LogP contribution in [-0.4, -0.2) is 27.3 Å². The molecule has 0 aliphatic heterocycles. The van der Waals surface area contributed by atoms with E-state index in [1.54, 1.807) is 19.2 Å². The lowest BCUT2D eigenvalue weighted by atomic mass is 10.1. The van der Waals surface area contributed by atoms with E-state index >= 15 is 0 Å². The van der Waals surface area contributed by atoms with Crippen LogP contribution in [0.25, 0.3) is 22.2 Å². The predicted octanol–water partition coefficient (Wildman–Crippen LogP) is 2.37. The van der Waals surface area contributed by atoms with E-state index in [1.807, 2.05) is 24.4 Å². The van der Waals surface area contributed by atoms with Crippen LogP contribution in [0.5, 0.6) is 5.75 Å². The van der Waals surface area contributed by atoms with Crippen molar-refractivity contribution in [1.82, 2.24) is 15.2 Å². The normalized spacial score (nSPS) is 10.7. The number of anilines is 1. The van der Waals surface area contributed by atoms with E-state index in [0.29, 0.717) is 17.1 Å². The summed E-state index contributed by atoms with van der Waals surface area (Å²) >= 11 is 0. The summed E-state index contributed by atoms with van der Waals surface area (Å²) in [6, 6.07) is 9.02. The molecule has 3 rings (SSSR count). The molecule has 0 aliphatic carbocycles. The standard InChI is InChI=1S/C13H12N4O/c1-14-13-9-6-7-15-11(9)12(16-17-13)8-4-2-3-5-10(8)18/h2-7,15,18H,1H3,(H,14,17). The summed E-state index contributed by atoms with van der Waals surface area (Å²) in [6.45, 7) is 0. The van der Waals surface area contributed by atoms with Crippen LogP contribution in [0.3, 0.4) is 0 Å². The van der Waals surface area contributed by atoms with Gasteiger partial charge in [0.1, 0.15) is 11.4 Å². The summed E-state index contributed by atoms with van der Waals surface area (Å²) in [6.07, 6.45) is 1.83. The number of aromatic amines is 1. The van der Waals surface area contributed by atoms with Crippen molar-refractivity contribution in [1.29, 1.82) is 0 Å². The molecule has 0 fully saturated rings. The minimum absolute atomic E-state index is 0.194. The molecule has 3 N–H and O–H groups in total. The molecule has 3 aromatic rings. The Balaban J connectivity index is 2.31. The SMILES string of the molecule is CNc1nnc(-c2ccccc2O)c2[nH]ccc12. The molecular weight excluding hydrogens is 228 g/mol. The highest BCUT2D eigenvalue weighted by Gasteiger charge is 2.13. The molecule has 2 aromatic heterocycles. The third-order valence-electron chi connectivity index (χ3n) is 2.88. The Hall–Kier alpha value is -2.56. The number of phenolic OH excluding ortho intramolecular Hbond substituents is 1. The second-order valence-electron chi connectivity index (χ2n) is 3.93. The van der Waals surface area contributed by atoms with Gasteiger partial charge in [-0.3, -0.25) is 0 Å². The number of aromatic hydroxyl groups is 1. The predicted molar refractivity (Wildman–Crippen MR) is 70.5 cm³/mol. The summed E-state index contributed by atoms with van der Waals surface area (Å²) in [4.78, 5) is 3.13. The fourth-order valence-corrected chi connectivity index (χ4v) is 2.01. The lowest BCUT2D eigenvalue weighted by Gasteiger charge is -2.06. The molecule has 0 atom stereocenters. The van der Waals surface area contributed by atoms with Gasteiger partial charge in [0.15, 0.2) is 5.82 Å². The Morgan fingerprint density at radius 2 is 2.00 bits per heavy atom. The molecule has 0 bridgehead atoms. The van der Waals surface area contributed by atoms with Crippen molar-refractivity contribution in [2.75, 3.05) is 12.4 Å². The van der Waals surface area contributed by atoms with E-state index < -0.39 is 0 Å². The summed E-state index contributed by atoms with van der Waals surface area (Å²) in [5.41, 5.74) is 2.17. The number of benzene rings is 1. The number of rotatable bonds is 2. The van der Waals surface area contributed by atoms with E-state index in [4.69, 9.17) is 0 Å². The number of fused-ring (bicyclic) bond motifs is 1. The number of H-pyrrole nitrogens is 1. The molecule has 1 aromatic carbocycles. The van der Waals surface area contributed by atoms with Gasteiger partial charge in [-0.15, -0.1) is 10.2 Å². The van der Waals surface area contributed by atoms with Gasteiger partial charge in [-0.2, -0.15) is 0 Å². The Kier molecular flexibility index (Phi) is 2.37. The van der Waals surface area contributed by atoms with Gasteiger partial charge in [-0.05, 0) is 18.2 Å². The maximum absolute atomic E-state index is 9.89. The number of hydrogen-bond donors (Lipinski definition) is 3. The molecule has 0 amide bonds. The smallest absolute Gasteiger partial charge is 0.157 e. The highest BCUT2D eigenvalue weighted by atomic mass is 16.3. The van der Waals surface area contributed by atoms with Crippen LogP contribution in [0, 0.1) is 0 Å². The van der Waals surface area contributed by atoms with Crippen molar-refractivity contribution in [2.24, 2.45) is 0 Å². The number of nitrogens with zero attached hydrogens (tertiary/aromatic N) is 2. The van der Waals surface area contributed by atoms with Crippen molar-refractivity contribution in [2.45, 2.75) is 0 Å². The molecule has 90 valence electrons. The molecule has 0 spiro atoms. The van der Waals surface area contributed by atoms with Crippen LogP contribution in [0.2, 0.25) is 0 Å². The number of hydrogen-bond acceptors (Lipinski definition) is 4. The minimum atomic E-state index is 0.194. The second-order valence-corrected chi connectivity index (χ2v) is 3.93. The first-order valence-electron chi connectivity index (χ1n) is 5.61. The van der Waals surface area contributed by atoms with Gasteiger partial charge in [-0.25, -0.2) is 0 Å². The zero-order chi connectivity index (χ0) is 12.5. The monoisotopic (exact) mass is 240 g/mol. The third-order valence-corrected chi connectivity index (χ3v) is 2.88. The third kappa shape index (κ3) is 1.48. The first kappa shape index (κ1) is 10.6. The second kappa shape index (κ2) is 4.03. The van der Waals surface area contributed by atoms with E-state index in [0.717, 1.165) is 10.9 Å². The van der Waals surface area contributed by atoms with Crippen LogP contribution in [0.1, 0.15) is 0 Å². The summed E-state index contributed by atoms with van der Waals surface area (Å²) in [7, 11) is 1.80. The largest absolute Gasteiger partial charge is 0.507 e. The highest BCUT2D eigenvalue weighted by Crippen LogP contribution is 2.33. The van der Waals surface area contributed by atoms with E-state index in [9.17, 15) is 5.11 Å². The van der Waals surface area contributed by atoms with Crippen LogP contribution < -0.4 is 5.32 Å². The lowest BCUT2D eigenvalue weighted by molar-refractivity contribution is 0.477. The van der Waals surface area contributed by atoms with E-state index in [2.05, 4.69) is 20.5 Å². The minimum Gasteiger partial charge on any atom is -0.507 e. The average molecular weight is 240 g/mol. The summed E-state index contributed by atoms with van der Waals surface area (Å²) in [5, 5.41) is 22.1. The quantitative estimate of drug-likeness (QED) is 0.643. The number of nitrogens with one attached hydrogen (secondary N) is 2. The fourth-order valence-electron chi connectivity index (χ4n) is 2.01. The van der Waals surface area contributed by atoms with Crippen molar-refractivity contribution in [3.8, 4) is 17.0 Å². The van der Waals surface area contributed by atoms with Crippen molar-refractivity contribution < 1.29 is 5.11 Å². The lowest BCUT2D eigenvalue weighted by Crippen LogP contribution is -1.97. The molecule has 5 nitrogen and oxygen atoms in total. The maximum atomic E-state index is 9.89. The van der Waals surface area contributed by atoms with Crippen LogP contribution in [0.15, 0.2) is 36.5 Å². The van der Waals surface area contributed by atoms with E-state index in [-0.39, 0.29) is 5.75 Å². The molecule has 5 heteroatoms. The average Bonchev–Trinajstić information content (AvgIpc) is 2.88. The van der Waals surface area contributed by atoms with Crippen LogP contribution >= 0.6 is 0 Å². The first-order chi connectivity index (χ1) is 8.81. The number of para-hydroxylation sites is 1. The highest BCUT2D eigenvalue weighted by molar-refractivity contribution is 5.98. The fraction of sp³-hybridized carbons (Fsp3) is 0.0769. The van der Waals surface area contributed by atoms with Gasteiger partial charge in [0.25, 0.3) is 0 Å². The molecule has 0 saturated carbocycles. The Morgan fingerprint density at radius 1 is 1.17 bits per heavy atom. The topological polar surface area (TPSA) is 73.8 Å². The molecule has 0 aliphatic rings. The molecule has 2 heterocycles. The first-order valence-corrected chi connectivity index (χ1v) is 5.61. The Bertz CT molecular complexity index is 705. The van der Waals surface area contributed by atoms with Gasteiger partial charge < -0.3 is 15.4 Å². The maximum Gasteiger partial charge on any atom is 0.157 e. The molecule has 18 heavy (non-hydrogen) atoms. The Morgan fingerprint density at radius 3 is 2.78 bits per heavy atom. The zero-order valence-electron chi connectivity index (χ0n) is 9.81. The molecule has 0 saturated heterocycles. The van der Waals surface area contributed by atoms with Gasteiger partial charge >= 0.3 is 0 Å². The zero-order valence-corrected chi connectivity index (χ0v) is 9.81. The Labute approximate surface area is 103 Å². The van der Waals surface area contributed by atoms with Gasteiger partial charge in [-0.1, -0.05) is 12.1 Å². The summed E-state index contributed by atoms with van der Waals surface area (Å²) in [5.74, 6) is 0.908. The van der Waals surface area contributed by atoms with Gasteiger partial charge in [0, 0.05) is 24.2 Å².